The largest absolute Gasteiger partial charge is 0.493 e. The molecule has 0 aliphatic carbocycles. The molecule has 3 rings (SSSR count). The SMILES string of the molecule is CN=C(NCc1ccc(OC)c(OC)c1)NCC(C)N1CCN(c2ccccc2)CC1. The van der Waals surface area contributed by atoms with Gasteiger partial charge >= 0.3 is 0 Å². The quantitative estimate of drug-likeness (QED) is 0.501. The molecule has 0 saturated carbocycles. The highest BCUT2D eigenvalue weighted by Gasteiger charge is 2.21. The summed E-state index contributed by atoms with van der Waals surface area (Å²) >= 11 is 0. The average Bonchev–Trinajstić information content (AvgIpc) is 2.84. The molecule has 2 aromatic rings. The minimum absolute atomic E-state index is 0.428. The Labute approximate surface area is 186 Å². The standard InChI is InChI=1S/C24H35N5O2/c1-19(28-12-14-29(15-13-28)21-8-6-5-7-9-21)17-26-24(25-2)27-18-20-10-11-22(30-3)23(16-20)31-4/h5-11,16,19H,12-15,17-18H2,1-4H3,(H2,25,26,27). The number of anilines is 1. The summed E-state index contributed by atoms with van der Waals surface area (Å²) in [6.45, 7) is 8.01. The van der Waals surface area contributed by atoms with E-state index in [1.807, 2.05) is 18.2 Å². The molecule has 0 radical (unpaired) electrons. The highest BCUT2D eigenvalue weighted by Crippen LogP contribution is 2.27. The molecule has 1 heterocycles. The first-order valence-electron chi connectivity index (χ1n) is 10.8. The maximum Gasteiger partial charge on any atom is 0.191 e. The number of nitrogens with one attached hydrogen (secondary N) is 2. The second-order valence-electron chi connectivity index (χ2n) is 7.70. The van der Waals surface area contributed by atoms with Crippen LogP contribution in [0.2, 0.25) is 0 Å². The molecule has 1 saturated heterocycles. The molecule has 2 N–H and O–H groups in total. The number of para-hydroxylation sites is 1. The normalized spacial score (nSPS) is 16.0. The summed E-state index contributed by atoms with van der Waals surface area (Å²) in [5, 5.41) is 6.84. The third-order valence-electron chi connectivity index (χ3n) is 5.76. The lowest BCUT2D eigenvalue weighted by molar-refractivity contribution is 0.197. The summed E-state index contributed by atoms with van der Waals surface area (Å²) in [6.07, 6.45) is 0. The van der Waals surface area contributed by atoms with Crippen LogP contribution in [-0.2, 0) is 6.54 Å². The van der Waals surface area contributed by atoms with Crippen LogP contribution in [0.1, 0.15) is 12.5 Å². The van der Waals surface area contributed by atoms with Crippen molar-refractivity contribution in [2.45, 2.75) is 19.5 Å². The zero-order chi connectivity index (χ0) is 22.1. The van der Waals surface area contributed by atoms with Gasteiger partial charge in [-0.25, -0.2) is 0 Å². The predicted molar refractivity (Wildman–Crippen MR) is 127 cm³/mol. The monoisotopic (exact) mass is 425 g/mol. The molecule has 1 fully saturated rings. The van der Waals surface area contributed by atoms with Gasteiger partial charge in [0.05, 0.1) is 14.2 Å². The molecule has 1 atom stereocenters. The second-order valence-corrected chi connectivity index (χ2v) is 7.70. The van der Waals surface area contributed by atoms with Crippen molar-refractivity contribution in [3.05, 3.63) is 54.1 Å². The Morgan fingerprint density at radius 3 is 2.32 bits per heavy atom. The minimum atomic E-state index is 0.428. The molecule has 0 spiro atoms. The van der Waals surface area contributed by atoms with Crippen molar-refractivity contribution in [1.29, 1.82) is 0 Å². The van der Waals surface area contributed by atoms with Gasteiger partial charge in [-0.2, -0.15) is 0 Å². The van der Waals surface area contributed by atoms with Crippen LogP contribution in [0.5, 0.6) is 11.5 Å². The van der Waals surface area contributed by atoms with Gasteiger partial charge in [-0.1, -0.05) is 24.3 Å². The van der Waals surface area contributed by atoms with Gasteiger partial charge in [-0.05, 0) is 36.8 Å². The molecule has 168 valence electrons. The van der Waals surface area contributed by atoms with E-state index in [9.17, 15) is 0 Å². The lowest BCUT2D eigenvalue weighted by Gasteiger charge is -2.39. The van der Waals surface area contributed by atoms with Gasteiger partial charge in [-0.3, -0.25) is 9.89 Å². The number of rotatable bonds is 8. The number of aliphatic imine (C=N–C) groups is 1. The van der Waals surface area contributed by atoms with Crippen molar-refractivity contribution in [2.24, 2.45) is 4.99 Å². The summed E-state index contributed by atoms with van der Waals surface area (Å²) in [5.41, 5.74) is 2.42. The van der Waals surface area contributed by atoms with Gasteiger partial charge < -0.3 is 25.0 Å². The number of nitrogens with zero attached hydrogens (tertiary/aromatic N) is 3. The smallest absolute Gasteiger partial charge is 0.191 e. The fourth-order valence-corrected chi connectivity index (χ4v) is 3.83. The molecular formula is C24H35N5O2. The van der Waals surface area contributed by atoms with Crippen LogP contribution in [-0.4, -0.2) is 70.9 Å². The highest BCUT2D eigenvalue weighted by atomic mass is 16.5. The predicted octanol–water partition coefficient (Wildman–Crippen LogP) is 2.58. The fourth-order valence-electron chi connectivity index (χ4n) is 3.83. The summed E-state index contributed by atoms with van der Waals surface area (Å²) < 4.78 is 10.7. The number of hydrogen-bond acceptors (Lipinski definition) is 5. The number of hydrogen-bond donors (Lipinski definition) is 2. The van der Waals surface area contributed by atoms with Crippen LogP contribution >= 0.6 is 0 Å². The number of methoxy groups -OCH3 is 2. The molecule has 1 unspecified atom stereocenters. The third-order valence-corrected chi connectivity index (χ3v) is 5.76. The van der Waals surface area contributed by atoms with Crippen molar-refractivity contribution in [3.8, 4) is 11.5 Å². The topological polar surface area (TPSA) is 61.4 Å². The van der Waals surface area contributed by atoms with Gasteiger partial charge in [0.1, 0.15) is 0 Å². The molecule has 0 amide bonds. The Hall–Kier alpha value is -2.93. The summed E-state index contributed by atoms with van der Waals surface area (Å²) in [5.74, 6) is 2.26. The van der Waals surface area contributed by atoms with Gasteiger partial charge in [0.2, 0.25) is 0 Å². The fraction of sp³-hybridized carbons (Fsp3) is 0.458. The van der Waals surface area contributed by atoms with E-state index < -0.39 is 0 Å². The highest BCUT2D eigenvalue weighted by molar-refractivity contribution is 5.79. The zero-order valence-corrected chi connectivity index (χ0v) is 19.1. The first-order chi connectivity index (χ1) is 15.1. The number of guanidine groups is 1. The molecule has 7 nitrogen and oxygen atoms in total. The molecule has 0 bridgehead atoms. The van der Waals surface area contributed by atoms with Crippen LogP contribution in [0, 0.1) is 0 Å². The van der Waals surface area contributed by atoms with E-state index in [1.165, 1.54) is 5.69 Å². The van der Waals surface area contributed by atoms with E-state index in [2.05, 4.69) is 62.7 Å². The third kappa shape index (κ3) is 6.28. The Bertz CT molecular complexity index is 835. The Morgan fingerprint density at radius 2 is 1.68 bits per heavy atom. The van der Waals surface area contributed by atoms with Gasteiger partial charge in [-0.15, -0.1) is 0 Å². The van der Waals surface area contributed by atoms with E-state index in [0.29, 0.717) is 12.6 Å². The minimum Gasteiger partial charge on any atom is -0.493 e. The van der Waals surface area contributed by atoms with Crippen molar-refractivity contribution in [1.82, 2.24) is 15.5 Å². The van der Waals surface area contributed by atoms with Crippen molar-refractivity contribution < 1.29 is 9.47 Å². The summed E-state index contributed by atoms with van der Waals surface area (Å²) in [4.78, 5) is 9.35. The molecule has 31 heavy (non-hydrogen) atoms. The lowest BCUT2D eigenvalue weighted by atomic mass is 10.2. The first kappa shape index (κ1) is 22.7. The maximum absolute atomic E-state index is 5.38. The molecule has 2 aromatic carbocycles. The van der Waals surface area contributed by atoms with Crippen LogP contribution in [0.25, 0.3) is 0 Å². The van der Waals surface area contributed by atoms with Crippen LogP contribution < -0.4 is 25.0 Å². The Kier molecular flexibility index (Phi) is 8.41. The van der Waals surface area contributed by atoms with Crippen LogP contribution in [0.15, 0.2) is 53.5 Å². The number of piperazine rings is 1. The van der Waals surface area contributed by atoms with Crippen molar-refractivity contribution >= 4 is 11.6 Å². The van der Waals surface area contributed by atoms with E-state index in [1.54, 1.807) is 21.3 Å². The zero-order valence-electron chi connectivity index (χ0n) is 19.1. The number of benzene rings is 2. The van der Waals surface area contributed by atoms with Gasteiger partial charge in [0.15, 0.2) is 17.5 Å². The van der Waals surface area contributed by atoms with E-state index in [4.69, 9.17) is 9.47 Å². The van der Waals surface area contributed by atoms with E-state index in [0.717, 1.165) is 55.7 Å². The Balaban J connectivity index is 1.43. The van der Waals surface area contributed by atoms with Gasteiger partial charge in [0.25, 0.3) is 0 Å². The van der Waals surface area contributed by atoms with E-state index in [-0.39, 0.29) is 0 Å². The van der Waals surface area contributed by atoms with E-state index >= 15 is 0 Å². The second kappa shape index (κ2) is 11.5. The molecule has 1 aliphatic rings. The van der Waals surface area contributed by atoms with Gasteiger partial charge in [0, 0.05) is 58.0 Å². The maximum atomic E-state index is 5.38. The number of ether oxygens (including phenoxy) is 2. The first-order valence-corrected chi connectivity index (χ1v) is 10.8. The van der Waals surface area contributed by atoms with Crippen molar-refractivity contribution in [3.63, 3.8) is 0 Å². The van der Waals surface area contributed by atoms with Crippen LogP contribution in [0.3, 0.4) is 0 Å². The molecule has 7 heteroatoms. The van der Waals surface area contributed by atoms with Crippen LogP contribution in [0.4, 0.5) is 5.69 Å². The molecular weight excluding hydrogens is 390 g/mol. The van der Waals surface area contributed by atoms with Crippen molar-refractivity contribution in [2.75, 3.05) is 58.9 Å². The molecule has 1 aliphatic heterocycles. The lowest BCUT2D eigenvalue weighted by Crippen LogP contribution is -2.53. The summed E-state index contributed by atoms with van der Waals surface area (Å²) in [7, 11) is 5.09. The Morgan fingerprint density at radius 1 is 0.968 bits per heavy atom. The molecule has 0 aromatic heterocycles. The average molecular weight is 426 g/mol. The summed E-state index contributed by atoms with van der Waals surface area (Å²) in [6, 6.07) is 17.0.